The van der Waals surface area contributed by atoms with Crippen molar-refractivity contribution in [3.63, 3.8) is 0 Å². The molecule has 100 valence electrons. The maximum Gasteiger partial charge on any atom is 0.407 e. The molecule has 1 heterocycles. The normalized spacial score (nSPS) is 22.2. The minimum atomic E-state index is -0.438. The molecule has 1 amide bonds. The maximum absolute atomic E-state index is 11.5. The third-order valence-electron chi connectivity index (χ3n) is 2.54. The standard InChI is InChI=1S/C12H25N3O2/c1-9(7-14-10-5-6-13-8-10)15-11(16)17-12(2,3)4/h9-10,13-14H,5-8H2,1-4H3,(H,15,16). The van der Waals surface area contributed by atoms with Crippen molar-refractivity contribution in [1.82, 2.24) is 16.0 Å². The SMILES string of the molecule is CC(CNC1CCNC1)NC(=O)OC(C)(C)C. The number of rotatable bonds is 4. The third kappa shape index (κ3) is 6.48. The lowest BCUT2D eigenvalue weighted by Crippen LogP contribution is -2.45. The van der Waals surface area contributed by atoms with E-state index >= 15 is 0 Å². The Morgan fingerprint density at radius 3 is 2.76 bits per heavy atom. The van der Waals surface area contributed by atoms with Gasteiger partial charge in [-0.25, -0.2) is 4.79 Å². The summed E-state index contributed by atoms with van der Waals surface area (Å²) in [5, 5.41) is 9.53. The van der Waals surface area contributed by atoms with Crippen LogP contribution in [0.15, 0.2) is 0 Å². The van der Waals surface area contributed by atoms with Crippen LogP contribution >= 0.6 is 0 Å². The van der Waals surface area contributed by atoms with E-state index in [4.69, 9.17) is 4.74 Å². The van der Waals surface area contributed by atoms with E-state index in [2.05, 4.69) is 16.0 Å². The van der Waals surface area contributed by atoms with Crippen LogP contribution in [0.1, 0.15) is 34.1 Å². The van der Waals surface area contributed by atoms with Gasteiger partial charge < -0.3 is 20.7 Å². The number of amides is 1. The highest BCUT2D eigenvalue weighted by Crippen LogP contribution is 2.06. The number of hydrogen-bond acceptors (Lipinski definition) is 4. The van der Waals surface area contributed by atoms with Crippen molar-refractivity contribution in [2.24, 2.45) is 0 Å². The number of alkyl carbamates (subject to hydrolysis) is 1. The molecule has 5 heteroatoms. The summed E-state index contributed by atoms with van der Waals surface area (Å²) in [5.74, 6) is 0. The lowest BCUT2D eigenvalue weighted by atomic mass is 10.2. The molecule has 0 saturated carbocycles. The Hall–Kier alpha value is -0.810. The van der Waals surface area contributed by atoms with Crippen LogP contribution < -0.4 is 16.0 Å². The van der Waals surface area contributed by atoms with Crippen LogP contribution in [0.3, 0.4) is 0 Å². The van der Waals surface area contributed by atoms with Crippen molar-refractivity contribution in [1.29, 1.82) is 0 Å². The molecule has 1 fully saturated rings. The average molecular weight is 243 g/mol. The zero-order chi connectivity index (χ0) is 12.9. The van der Waals surface area contributed by atoms with Crippen molar-refractivity contribution < 1.29 is 9.53 Å². The zero-order valence-corrected chi connectivity index (χ0v) is 11.3. The molecule has 0 aromatic rings. The highest BCUT2D eigenvalue weighted by Gasteiger charge is 2.19. The van der Waals surface area contributed by atoms with Crippen LogP contribution in [0.25, 0.3) is 0 Å². The predicted molar refractivity (Wildman–Crippen MR) is 68.1 cm³/mol. The predicted octanol–water partition coefficient (Wildman–Crippen LogP) is 0.851. The lowest BCUT2D eigenvalue weighted by molar-refractivity contribution is 0.0508. The largest absolute Gasteiger partial charge is 0.444 e. The summed E-state index contributed by atoms with van der Waals surface area (Å²) in [6, 6.07) is 0.600. The molecule has 0 aliphatic carbocycles. The molecule has 0 radical (unpaired) electrons. The third-order valence-corrected chi connectivity index (χ3v) is 2.54. The number of carbonyl (C=O) groups is 1. The van der Waals surface area contributed by atoms with Gasteiger partial charge in [0.25, 0.3) is 0 Å². The average Bonchev–Trinajstić information content (AvgIpc) is 2.63. The molecule has 2 atom stereocenters. The topological polar surface area (TPSA) is 62.4 Å². The number of ether oxygens (including phenoxy) is 1. The molecule has 0 aromatic carbocycles. The second-order valence-corrected chi connectivity index (χ2v) is 5.65. The Morgan fingerprint density at radius 2 is 2.24 bits per heavy atom. The van der Waals surface area contributed by atoms with Gasteiger partial charge in [-0.3, -0.25) is 0 Å². The van der Waals surface area contributed by atoms with Gasteiger partial charge in [-0.1, -0.05) is 0 Å². The molecule has 1 aliphatic rings. The molecule has 0 aromatic heterocycles. The Kier molecular flexibility index (Phi) is 5.21. The van der Waals surface area contributed by atoms with E-state index in [-0.39, 0.29) is 12.1 Å². The van der Waals surface area contributed by atoms with E-state index < -0.39 is 5.60 Å². The first kappa shape index (κ1) is 14.3. The minimum absolute atomic E-state index is 0.0745. The van der Waals surface area contributed by atoms with Crippen LogP contribution in [0.5, 0.6) is 0 Å². The summed E-state index contributed by atoms with van der Waals surface area (Å²) >= 11 is 0. The van der Waals surface area contributed by atoms with Crippen LogP contribution in [-0.2, 0) is 4.74 Å². The molecule has 1 rings (SSSR count). The van der Waals surface area contributed by atoms with Gasteiger partial charge in [0.1, 0.15) is 5.60 Å². The van der Waals surface area contributed by atoms with E-state index in [9.17, 15) is 4.79 Å². The Morgan fingerprint density at radius 1 is 1.53 bits per heavy atom. The summed E-state index contributed by atoms with van der Waals surface area (Å²) in [5.41, 5.74) is -0.438. The second-order valence-electron chi connectivity index (χ2n) is 5.65. The maximum atomic E-state index is 11.5. The molecule has 3 N–H and O–H groups in total. The lowest BCUT2D eigenvalue weighted by Gasteiger charge is -2.22. The highest BCUT2D eigenvalue weighted by molar-refractivity contribution is 5.68. The van der Waals surface area contributed by atoms with Gasteiger partial charge in [-0.2, -0.15) is 0 Å². The number of hydrogen-bond donors (Lipinski definition) is 3. The van der Waals surface area contributed by atoms with Gasteiger partial charge in [0, 0.05) is 25.2 Å². The molecule has 5 nitrogen and oxygen atoms in total. The van der Waals surface area contributed by atoms with Crippen molar-refractivity contribution in [3.05, 3.63) is 0 Å². The smallest absolute Gasteiger partial charge is 0.407 e. The molecule has 0 bridgehead atoms. The van der Waals surface area contributed by atoms with E-state index in [1.54, 1.807) is 0 Å². The summed E-state index contributed by atoms with van der Waals surface area (Å²) in [6.07, 6.45) is 0.801. The van der Waals surface area contributed by atoms with Crippen molar-refractivity contribution >= 4 is 6.09 Å². The van der Waals surface area contributed by atoms with Crippen LogP contribution in [-0.4, -0.2) is 43.4 Å². The first-order valence-electron chi connectivity index (χ1n) is 6.30. The zero-order valence-electron chi connectivity index (χ0n) is 11.3. The van der Waals surface area contributed by atoms with E-state index in [0.717, 1.165) is 26.1 Å². The molecular formula is C12H25N3O2. The first-order valence-corrected chi connectivity index (χ1v) is 6.30. The highest BCUT2D eigenvalue weighted by atomic mass is 16.6. The molecule has 17 heavy (non-hydrogen) atoms. The van der Waals surface area contributed by atoms with Gasteiger partial charge in [0.15, 0.2) is 0 Å². The quantitative estimate of drug-likeness (QED) is 0.685. The van der Waals surface area contributed by atoms with Gasteiger partial charge in [0.05, 0.1) is 0 Å². The summed E-state index contributed by atoms with van der Waals surface area (Å²) in [7, 11) is 0. The summed E-state index contributed by atoms with van der Waals surface area (Å²) in [4.78, 5) is 11.5. The summed E-state index contributed by atoms with van der Waals surface area (Å²) < 4.78 is 5.19. The molecule has 0 spiro atoms. The Balaban J connectivity index is 2.15. The Labute approximate surface area is 104 Å². The van der Waals surface area contributed by atoms with Gasteiger partial charge in [0.2, 0.25) is 0 Å². The van der Waals surface area contributed by atoms with Crippen molar-refractivity contribution in [2.45, 2.75) is 51.8 Å². The monoisotopic (exact) mass is 243 g/mol. The second kappa shape index (κ2) is 6.21. The van der Waals surface area contributed by atoms with Gasteiger partial charge in [-0.05, 0) is 40.7 Å². The van der Waals surface area contributed by atoms with Crippen molar-refractivity contribution in [2.75, 3.05) is 19.6 Å². The first-order chi connectivity index (χ1) is 7.87. The van der Waals surface area contributed by atoms with Crippen molar-refractivity contribution in [3.8, 4) is 0 Å². The van der Waals surface area contributed by atoms with Gasteiger partial charge in [-0.15, -0.1) is 0 Å². The van der Waals surface area contributed by atoms with Crippen LogP contribution in [0.4, 0.5) is 4.79 Å². The fourth-order valence-electron chi connectivity index (χ4n) is 1.73. The fraction of sp³-hybridized carbons (Fsp3) is 0.917. The van der Waals surface area contributed by atoms with Gasteiger partial charge >= 0.3 is 6.09 Å². The molecule has 1 saturated heterocycles. The molecule has 2 unspecified atom stereocenters. The Bertz CT molecular complexity index is 245. The fourth-order valence-corrected chi connectivity index (χ4v) is 1.73. The minimum Gasteiger partial charge on any atom is -0.444 e. The van der Waals surface area contributed by atoms with E-state index in [1.807, 2.05) is 27.7 Å². The number of carbonyl (C=O) groups excluding carboxylic acids is 1. The van der Waals surface area contributed by atoms with E-state index in [0.29, 0.717) is 6.04 Å². The summed E-state index contributed by atoms with van der Waals surface area (Å²) in [6.45, 7) is 10.4. The van der Waals surface area contributed by atoms with Crippen LogP contribution in [0.2, 0.25) is 0 Å². The van der Waals surface area contributed by atoms with Crippen LogP contribution in [0, 0.1) is 0 Å². The molecule has 1 aliphatic heterocycles. The number of nitrogens with one attached hydrogen (secondary N) is 3. The molecular weight excluding hydrogens is 218 g/mol. The van der Waals surface area contributed by atoms with E-state index in [1.165, 1.54) is 0 Å².